The van der Waals surface area contributed by atoms with Crippen LogP contribution in [0, 0.1) is 0 Å². The van der Waals surface area contributed by atoms with E-state index in [1.165, 1.54) is 17.4 Å². The summed E-state index contributed by atoms with van der Waals surface area (Å²) < 4.78 is 12.9. The number of aromatic nitrogens is 1. The second kappa shape index (κ2) is 10.1. The molecule has 188 valence electrons. The van der Waals surface area contributed by atoms with Crippen molar-refractivity contribution in [1.29, 1.82) is 0 Å². The lowest BCUT2D eigenvalue weighted by Crippen LogP contribution is -2.40. The van der Waals surface area contributed by atoms with Gasteiger partial charge in [0, 0.05) is 0 Å². The number of phenolic OH excluding ortho intramolecular Hbond substituents is 1. The van der Waals surface area contributed by atoms with Crippen LogP contribution in [0.15, 0.2) is 81.7 Å². The number of carbonyl (C=O) groups is 1. The first-order valence-electron chi connectivity index (χ1n) is 12.1. The Kier molecular flexibility index (Phi) is 6.67. The van der Waals surface area contributed by atoms with E-state index in [0.717, 1.165) is 16.3 Å². The third kappa shape index (κ3) is 4.44. The zero-order chi connectivity index (χ0) is 26.1. The minimum absolute atomic E-state index is 0.0334. The van der Waals surface area contributed by atoms with E-state index in [1.54, 1.807) is 36.6 Å². The van der Waals surface area contributed by atoms with Crippen LogP contribution in [-0.2, 0) is 9.53 Å². The van der Waals surface area contributed by atoms with Crippen LogP contribution in [0.1, 0.15) is 37.9 Å². The third-order valence-electron chi connectivity index (χ3n) is 6.22. The molecule has 1 aliphatic rings. The number of hydrogen-bond acceptors (Lipinski definition) is 7. The number of aromatic hydroxyl groups is 1. The van der Waals surface area contributed by atoms with Gasteiger partial charge in [0.2, 0.25) is 0 Å². The van der Waals surface area contributed by atoms with Crippen LogP contribution in [0.2, 0.25) is 0 Å². The summed E-state index contributed by atoms with van der Waals surface area (Å²) in [5.74, 6) is -0.111. The third-order valence-corrected chi connectivity index (χ3v) is 7.20. The van der Waals surface area contributed by atoms with E-state index < -0.39 is 12.0 Å². The van der Waals surface area contributed by atoms with E-state index in [2.05, 4.69) is 4.99 Å². The molecule has 1 aliphatic heterocycles. The Bertz CT molecular complexity index is 1730. The fourth-order valence-electron chi connectivity index (χ4n) is 4.62. The van der Waals surface area contributed by atoms with Gasteiger partial charge >= 0.3 is 5.97 Å². The number of rotatable bonds is 6. The number of carbonyl (C=O) groups excluding carboxylic acids is 1. The maximum atomic E-state index is 13.9. The van der Waals surface area contributed by atoms with Crippen LogP contribution >= 0.6 is 11.3 Å². The quantitative estimate of drug-likeness (QED) is 0.392. The van der Waals surface area contributed by atoms with Crippen molar-refractivity contribution >= 4 is 34.2 Å². The predicted molar refractivity (Wildman–Crippen MR) is 144 cm³/mol. The number of hydrogen-bond donors (Lipinski definition) is 1. The minimum atomic E-state index is -0.692. The number of phenols is 1. The fraction of sp³-hybridized carbons (Fsp3) is 0.207. The molecule has 0 saturated heterocycles. The molecule has 0 unspecified atom stereocenters. The first kappa shape index (κ1) is 24.5. The van der Waals surface area contributed by atoms with Crippen molar-refractivity contribution in [2.45, 2.75) is 26.8 Å². The largest absolute Gasteiger partial charge is 0.504 e. The molecule has 0 bridgehead atoms. The number of allylic oxidation sites excluding steroid dienone is 1. The maximum absolute atomic E-state index is 13.9. The minimum Gasteiger partial charge on any atom is -0.504 e. The van der Waals surface area contributed by atoms with Gasteiger partial charge in [-0.2, -0.15) is 0 Å². The van der Waals surface area contributed by atoms with E-state index >= 15 is 0 Å². The molecular formula is C29H26N2O5S. The summed E-state index contributed by atoms with van der Waals surface area (Å²) in [5, 5.41) is 12.0. The molecule has 1 aromatic heterocycles. The standard InChI is InChI=1S/C29H26N2O5S/c1-4-35-23-15-18(13-14-22(23)32)16-24-27(33)31-26(21-12-8-10-19-9-6-7-11-20(19)21)25(28(34)36-5-2)17(3)30-29(31)37-24/h6-16,26,32H,4-5H2,1-3H3/b24-16-/t26-/m0/s1. The second-order valence-corrected chi connectivity index (χ2v) is 9.54. The van der Waals surface area contributed by atoms with E-state index in [4.69, 9.17) is 9.47 Å². The summed E-state index contributed by atoms with van der Waals surface area (Å²) in [6.07, 6.45) is 1.75. The number of nitrogens with zero attached hydrogens (tertiary/aromatic N) is 2. The molecule has 0 amide bonds. The zero-order valence-corrected chi connectivity index (χ0v) is 21.5. The SMILES string of the molecule is CCOC(=O)C1=C(C)N=c2s/c(=C\c3ccc(O)c(OCC)c3)c(=O)n2[C@H]1c1cccc2ccccc12. The molecule has 5 rings (SSSR count). The van der Waals surface area contributed by atoms with Crippen molar-refractivity contribution in [2.75, 3.05) is 13.2 Å². The highest BCUT2D eigenvalue weighted by molar-refractivity contribution is 7.07. The monoisotopic (exact) mass is 514 g/mol. The van der Waals surface area contributed by atoms with Gasteiger partial charge < -0.3 is 14.6 Å². The fourth-order valence-corrected chi connectivity index (χ4v) is 5.66. The number of thiazole rings is 1. The van der Waals surface area contributed by atoms with E-state index in [1.807, 2.05) is 49.4 Å². The normalized spacial score (nSPS) is 15.4. The van der Waals surface area contributed by atoms with Gasteiger partial charge in [-0.15, -0.1) is 0 Å². The lowest BCUT2D eigenvalue weighted by atomic mass is 9.91. The smallest absolute Gasteiger partial charge is 0.338 e. The Morgan fingerprint density at radius 3 is 2.68 bits per heavy atom. The van der Waals surface area contributed by atoms with Crippen LogP contribution in [0.25, 0.3) is 16.8 Å². The van der Waals surface area contributed by atoms with Gasteiger partial charge in [0.15, 0.2) is 16.3 Å². The number of benzene rings is 3. The molecule has 37 heavy (non-hydrogen) atoms. The highest BCUT2D eigenvalue weighted by Gasteiger charge is 2.34. The van der Waals surface area contributed by atoms with E-state index in [9.17, 15) is 14.7 Å². The summed E-state index contributed by atoms with van der Waals surface area (Å²) in [5.41, 5.74) is 2.14. The molecule has 1 N–H and O–H groups in total. The summed E-state index contributed by atoms with van der Waals surface area (Å²) >= 11 is 1.25. The first-order chi connectivity index (χ1) is 17.9. The molecule has 2 heterocycles. The van der Waals surface area contributed by atoms with Crippen LogP contribution in [0.5, 0.6) is 11.5 Å². The van der Waals surface area contributed by atoms with E-state index in [0.29, 0.717) is 38.5 Å². The van der Waals surface area contributed by atoms with Crippen LogP contribution in [0.4, 0.5) is 0 Å². The van der Waals surface area contributed by atoms with Crippen molar-refractivity contribution in [3.63, 3.8) is 0 Å². The van der Waals surface area contributed by atoms with Crippen LogP contribution in [-0.4, -0.2) is 28.9 Å². The average molecular weight is 515 g/mol. The van der Waals surface area contributed by atoms with Crippen molar-refractivity contribution < 1.29 is 19.4 Å². The lowest BCUT2D eigenvalue weighted by molar-refractivity contribution is -0.139. The highest BCUT2D eigenvalue weighted by atomic mass is 32.1. The number of ether oxygens (including phenoxy) is 2. The summed E-state index contributed by atoms with van der Waals surface area (Å²) in [6.45, 7) is 5.98. The molecule has 0 fully saturated rings. The Morgan fingerprint density at radius 2 is 1.89 bits per heavy atom. The topological polar surface area (TPSA) is 90.1 Å². The van der Waals surface area contributed by atoms with Crippen molar-refractivity contribution in [3.05, 3.63) is 103 Å². The van der Waals surface area contributed by atoms with Gasteiger partial charge in [-0.1, -0.05) is 59.9 Å². The van der Waals surface area contributed by atoms with Gasteiger partial charge in [0.25, 0.3) is 5.56 Å². The molecule has 4 aromatic rings. The lowest BCUT2D eigenvalue weighted by Gasteiger charge is -2.25. The molecule has 0 aliphatic carbocycles. The molecule has 7 nitrogen and oxygen atoms in total. The second-order valence-electron chi connectivity index (χ2n) is 8.53. The highest BCUT2D eigenvalue weighted by Crippen LogP contribution is 2.35. The molecule has 0 saturated carbocycles. The van der Waals surface area contributed by atoms with Crippen molar-refractivity contribution in [1.82, 2.24) is 4.57 Å². The Labute approximate surface area is 217 Å². The van der Waals surface area contributed by atoms with Gasteiger partial charge in [-0.25, -0.2) is 9.79 Å². The molecule has 8 heteroatoms. The molecule has 0 radical (unpaired) electrons. The van der Waals surface area contributed by atoms with Gasteiger partial charge in [-0.3, -0.25) is 9.36 Å². The summed E-state index contributed by atoms with van der Waals surface area (Å²) in [6, 6.07) is 18.0. The Balaban J connectivity index is 1.76. The van der Waals surface area contributed by atoms with Crippen molar-refractivity contribution in [3.8, 4) is 11.5 Å². The van der Waals surface area contributed by atoms with Gasteiger partial charge in [0.05, 0.1) is 35.1 Å². The molecule has 1 atom stereocenters. The summed E-state index contributed by atoms with van der Waals surface area (Å²) in [7, 11) is 0. The van der Waals surface area contributed by atoms with Crippen molar-refractivity contribution in [2.24, 2.45) is 4.99 Å². The predicted octanol–water partition coefficient (Wildman–Crippen LogP) is 4.06. The molecule has 0 spiro atoms. The zero-order valence-electron chi connectivity index (χ0n) is 20.7. The van der Waals surface area contributed by atoms with Gasteiger partial charge in [0.1, 0.15) is 0 Å². The number of fused-ring (bicyclic) bond motifs is 2. The summed E-state index contributed by atoms with van der Waals surface area (Å²) in [4.78, 5) is 32.2. The first-order valence-corrected chi connectivity index (χ1v) is 12.9. The Hall–Kier alpha value is -4.17. The average Bonchev–Trinajstić information content (AvgIpc) is 3.19. The maximum Gasteiger partial charge on any atom is 0.338 e. The van der Waals surface area contributed by atoms with E-state index in [-0.39, 0.29) is 17.9 Å². The Morgan fingerprint density at radius 1 is 1.11 bits per heavy atom. The van der Waals surface area contributed by atoms with Crippen LogP contribution in [0.3, 0.4) is 0 Å². The molecule has 3 aromatic carbocycles. The molecular weight excluding hydrogens is 488 g/mol. The van der Waals surface area contributed by atoms with Gasteiger partial charge in [-0.05, 0) is 60.9 Å². The van der Waals surface area contributed by atoms with Crippen LogP contribution < -0.4 is 19.6 Å². The number of esters is 1.